The van der Waals surface area contributed by atoms with E-state index in [-0.39, 0.29) is 6.10 Å². The first-order valence-electron chi connectivity index (χ1n) is 5.06. The number of carboxylic acids is 1. The van der Waals surface area contributed by atoms with Crippen molar-refractivity contribution in [3.8, 4) is 0 Å². The average molecular weight is 201 g/mol. The Labute approximate surface area is 84.8 Å². The molecule has 1 saturated heterocycles. The third kappa shape index (κ3) is 2.45. The smallest absolute Gasteiger partial charge is 0.320 e. The number of carbonyl (C=O) groups is 1. The minimum absolute atomic E-state index is 0.172. The molecule has 0 aromatic carbocycles. The zero-order valence-corrected chi connectivity index (χ0v) is 9.06. The standard InChI is InChI=1S/C10H19NO3/c1-7-4-5-11(6-9(7)14-3)8(2)10(12)13/h7-9H,4-6H2,1-3H3,(H,12,13). The molecular weight excluding hydrogens is 182 g/mol. The summed E-state index contributed by atoms with van der Waals surface area (Å²) >= 11 is 0. The van der Waals surface area contributed by atoms with Crippen molar-refractivity contribution in [3.05, 3.63) is 0 Å². The Balaban J connectivity index is 2.54. The van der Waals surface area contributed by atoms with Crippen molar-refractivity contribution in [3.63, 3.8) is 0 Å². The predicted octanol–water partition coefficient (Wildman–Crippen LogP) is 0.816. The minimum atomic E-state index is -0.755. The van der Waals surface area contributed by atoms with Gasteiger partial charge in [-0.05, 0) is 25.8 Å². The van der Waals surface area contributed by atoms with E-state index in [2.05, 4.69) is 6.92 Å². The van der Waals surface area contributed by atoms with Gasteiger partial charge in [0.25, 0.3) is 0 Å². The molecule has 82 valence electrons. The summed E-state index contributed by atoms with van der Waals surface area (Å²) in [5.41, 5.74) is 0. The van der Waals surface area contributed by atoms with Crippen molar-refractivity contribution >= 4 is 5.97 Å². The molecule has 0 aromatic heterocycles. The maximum absolute atomic E-state index is 10.8. The monoisotopic (exact) mass is 201 g/mol. The van der Waals surface area contributed by atoms with Gasteiger partial charge in [-0.2, -0.15) is 0 Å². The van der Waals surface area contributed by atoms with Gasteiger partial charge >= 0.3 is 5.97 Å². The second-order valence-electron chi connectivity index (χ2n) is 4.05. The molecule has 0 amide bonds. The number of methoxy groups -OCH3 is 1. The summed E-state index contributed by atoms with van der Waals surface area (Å²) in [5, 5.41) is 8.88. The fourth-order valence-corrected chi connectivity index (χ4v) is 1.87. The van der Waals surface area contributed by atoms with Crippen LogP contribution in [0, 0.1) is 5.92 Å². The maximum atomic E-state index is 10.8. The third-order valence-electron chi connectivity index (χ3n) is 3.13. The number of hydrogen-bond acceptors (Lipinski definition) is 3. The molecule has 1 aliphatic heterocycles. The van der Waals surface area contributed by atoms with E-state index in [1.807, 2.05) is 4.90 Å². The Morgan fingerprint density at radius 2 is 2.29 bits per heavy atom. The second kappa shape index (κ2) is 4.75. The molecule has 3 atom stereocenters. The van der Waals surface area contributed by atoms with E-state index in [4.69, 9.17) is 9.84 Å². The summed E-state index contributed by atoms with van der Waals surface area (Å²) in [7, 11) is 1.69. The van der Waals surface area contributed by atoms with Crippen molar-refractivity contribution in [2.45, 2.75) is 32.4 Å². The highest BCUT2D eigenvalue weighted by Crippen LogP contribution is 2.20. The number of aliphatic carboxylic acids is 1. The van der Waals surface area contributed by atoms with Gasteiger partial charge in [0.05, 0.1) is 6.10 Å². The van der Waals surface area contributed by atoms with Crippen LogP contribution in [0.3, 0.4) is 0 Å². The van der Waals surface area contributed by atoms with Crippen LogP contribution in [0.2, 0.25) is 0 Å². The van der Waals surface area contributed by atoms with E-state index in [9.17, 15) is 4.79 Å². The molecule has 1 heterocycles. The highest BCUT2D eigenvalue weighted by molar-refractivity contribution is 5.72. The number of likely N-dealkylation sites (tertiary alicyclic amines) is 1. The number of rotatable bonds is 3. The number of hydrogen-bond donors (Lipinski definition) is 1. The van der Waals surface area contributed by atoms with Crippen molar-refractivity contribution in [1.82, 2.24) is 4.90 Å². The molecule has 1 fully saturated rings. The summed E-state index contributed by atoms with van der Waals surface area (Å²) in [5.74, 6) is -0.230. The van der Waals surface area contributed by atoms with E-state index < -0.39 is 12.0 Å². The number of ether oxygens (including phenoxy) is 1. The molecule has 1 N–H and O–H groups in total. The lowest BCUT2D eigenvalue weighted by Crippen LogP contribution is -2.50. The van der Waals surface area contributed by atoms with E-state index in [0.717, 1.165) is 19.5 Å². The molecule has 0 aliphatic carbocycles. The lowest BCUT2D eigenvalue weighted by atomic mass is 9.95. The highest BCUT2D eigenvalue weighted by Gasteiger charge is 2.30. The van der Waals surface area contributed by atoms with Crippen LogP contribution in [-0.4, -0.2) is 48.3 Å². The van der Waals surface area contributed by atoms with E-state index in [1.54, 1.807) is 14.0 Å². The average Bonchev–Trinajstić information content (AvgIpc) is 2.17. The molecule has 4 heteroatoms. The van der Waals surface area contributed by atoms with Gasteiger partial charge in [0, 0.05) is 13.7 Å². The molecule has 3 unspecified atom stereocenters. The summed E-state index contributed by atoms with van der Waals surface area (Å²) < 4.78 is 5.33. The van der Waals surface area contributed by atoms with Crippen molar-refractivity contribution < 1.29 is 14.6 Å². The lowest BCUT2D eigenvalue weighted by molar-refractivity contribution is -0.144. The van der Waals surface area contributed by atoms with Crippen molar-refractivity contribution in [1.29, 1.82) is 0 Å². The Kier molecular flexibility index (Phi) is 3.89. The number of nitrogens with zero attached hydrogens (tertiary/aromatic N) is 1. The predicted molar refractivity (Wildman–Crippen MR) is 53.2 cm³/mol. The van der Waals surface area contributed by atoms with E-state index in [0.29, 0.717) is 5.92 Å². The first-order chi connectivity index (χ1) is 6.56. The molecule has 14 heavy (non-hydrogen) atoms. The van der Waals surface area contributed by atoms with Crippen LogP contribution < -0.4 is 0 Å². The molecule has 0 bridgehead atoms. The van der Waals surface area contributed by atoms with Crippen molar-refractivity contribution in [2.24, 2.45) is 5.92 Å². The fraction of sp³-hybridized carbons (Fsp3) is 0.900. The van der Waals surface area contributed by atoms with E-state index >= 15 is 0 Å². The van der Waals surface area contributed by atoms with Gasteiger partial charge in [0.2, 0.25) is 0 Å². The quantitative estimate of drug-likeness (QED) is 0.734. The minimum Gasteiger partial charge on any atom is -0.480 e. The molecule has 0 radical (unpaired) electrons. The summed E-state index contributed by atoms with van der Waals surface area (Å²) in [6, 6.07) is -0.403. The van der Waals surface area contributed by atoms with Gasteiger partial charge in [-0.25, -0.2) is 0 Å². The normalized spacial score (nSPS) is 31.4. The van der Waals surface area contributed by atoms with Crippen LogP contribution in [0.5, 0.6) is 0 Å². The fourth-order valence-electron chi connectivity index (χ4n) is 1.87. The van der Waals surface area contributed by atoms with Crippen molar-refractivity contribution in [2.75, 3.05) is 20.2 Å². The molecule has 0 aromatic rings. The third-order valence-corrected chi connectivity index (χ3v) is 3.13. The van der Waals surface area contributed by atoms with Crippen LogP contribution in [0.25, 0.3) is 0 Å². The maximum Gasteiger partial charge on any atom is 0.320 e. The first kappa shape index (κ1) is 11.5. The molecule has 1 rings (SSSR count). The number of piperidine rings is 1. The Morgan fingerprint density at radius 3 is 2.79 bits per heavy atom. The molecule has 1 aliphatic rings. The summed E-state index contributed by atoms with van der Waals surface area (Å²) in [4.78, 5) is 12.8. The first-order valence-corrected chi connectivity index (χ1v) is 5.06. The zero-order chi connectivity index (χ0) is 10.7. The molecule has 4 nitrogen and oxygen atoms in total. The summed E-state index contributed by atoms with van der Waals surface area (Å²) in [6.07, 6.45) is 1.18. The lowest BCUT2D eigenvalue weighted by Gasteiger charge is -2.38. The van der Waals surface area contributed by atoms with Gasteiger partial charge in [0.1, 0.15) is 6.04 Å². The van der Waals surface area contributed by atoms with Gasteiger partial charge in [-0.15, -0.1) is 0 Å². The topological polar surface area (TPSA) is 49.8 Å². The van der Waals surface area contributed by atoms with Gasteiger partial charge in [-0.1, -0.05) is 6.92 Å². The Morgan fingerprint density at radius 1 is 1.64 bits per heavy atom. The Bertz CT molecular complexity index is 208. The van der Waals surface area contributed by atoms with Crippen LogP contribution in [0.15, 0.2) is 0 Å². The SMILES string of the molecule is COC1CN(C(C)C(=O)O)CCC1C. The zero-order valence-electron chi connectivity index (χ0n) is 9.06. The van der Waals surface area contributed by atoms with Gasteiger partial charge < -0.3 is 9.84 Å². The molecular formula is C10H19NO3. The largest absolute Gasteiger partial charge is 0.480 e. The molecule has 0 spiro atoms. The van der Waals surface area contributed by atoms with Gasteiger partial charge in [0.15, 0.2) is 0 Å². The van der Waals surface area contributed by atoms with Crippen LogP contribution in [0.4, 0.5) is 0 Å². The van der Waals surface area contributed by atoms with Crippen LogP contribution >= 0.6 is 0 Å². The number of carboxylic acid groups (broad SMARTS) is 1. The highest BCUT2D eigenvalue weighted by atomic mass is 16.5. The van der Waals surface area contributed by atoms with Crippen LogP contribution in [-0.2, 0) is 9.53 Å². The van der Waals surface area contributed by atoms with Gasteiger partial charge in [-0.3, -0.25) is 9.69 Å². The van der Waals surface area contributed by atoms with E-state index in [1.165, 1.54) is 0 Å². The second-order valence-corrected chi connectivity index (χ2v) is 4.05. The Hall–Kier alpha value is -0.610. The van der Waals surface area contributed by atoms with Crippen LogP contribution in [0.1, 0.15) is 20.3 Å². The molecule has 0 saturated carbocycles. The summed E-state index contributed by atoms with van der Waals surface area (Å²) in [6.45, 7) is 5.46.